The molecule has 1 aliphatic rings. The Morgan fingerprint density at radius 2 is 1.71 bits per heavy atom. The maximum Gasteiger partial charge on any atom is 0.255 e. The van der Waals surface area contributed by atoms with Crippen LogP contribution in [0.1, 0.15) is 12.5 Å². The van der Waals surface area contributed by atoms with Crippen LogP contribution >= 0.6 is 0 Å². The lowest BCUT2D eigenvalue weighted by atomic mass is 9.90. The van der Waals surface area contributed by atoms with E-state index in [2.05, 4.69) is 20.0 Å². The lowest BCUT2D eigenvalue weighted by molar-refractivity contribution is -0.138. The fourth-order valence-electron chi connectivity index (χ4n) is 5.47. The first kappa shape index (κ1) is 24.8. The van der Waals surface area contributed by atoms with E-state index < -0.39 is 5.54 Å². The van der Waals surface area contributed by atoms with Gasteiger partial charge in [-0.25, -0.2) is 14.1 Å². The minimum absolute atomic E-state index is 0.107. The van der Waals surface area contributed by atoms with Crippen LogP contribution in [0.2, 0.25) is 0 Å². The molecule has 206 valence electrons. The first-order chi connectivity index (χ1) is 19.9. The van der Waals surface area contributed by atoms with Crippen molar-refractivity contribution in [2.24, 2.45) is 0 Å². The number of nitrogens with two attached hydrogens (primary N) is 1. The lowest BCUT2D eigenvalue weighted by Gasteiger charge is -2.40. The van der Waals surface area contributed by atoms with E-state index in [4.69, 9.17) is 15.2 Å². The van der Waals surface area contributed by atoms with Crippen molar-refractivity contribution in [3.8, 4) is 11.6 Å². The zero-order valence-electron chi connectivity index (χ0n) is 22.2. The van der Waals surface area contributed by atoms with E-state index in [0.29, 0.717) is 54.4 Å². The molecule has 0 aliphatic carbocycles. The van der Waals surface area contributed by atoms with Gasteiger partial charge in [0.1, 0.15) is 5.82 Å². The second-order valence-electron chi connectivity index (χ2n) is 10.1. The lowest BCUT2D eigenvalue weighted by Crippen LogP contribution is -2.56. The molecule has 11 nitrogen and oxygen atoms in total. The number of anilines is 2. The molecule has 7 rings (SSSR count). The fraction of sp³-hybridized carbons (Fsp3) is 0.207. The third-order valence-electron chi connectivity index (χ3n) is 7.71. The summed E-state index contributed by atoms with van der Waals surface area (Å²) in [5, 5.41) is 9.76. The molecule has 1 amide bonds. The van der Waals surface area contributed by atoms with Crippen LogP contribution in [0.3, 0.4) is 0 Å². The number of rotatable bonds is 5. The fourth-order valence-corrected chi connectivity index (χ4v) is 5.47. The molecule has 2 N–H and O–H groups in total. The molecule has 41 heavy (non-hydrogen) atoms. The molecule has 12 heteroatoms. The van der Waals surface area contributed by atoms with E-state index in [1.165, 1.54) is 16.6 Å². The van der Waals surface area contributed by atoms with Gasteiger partial charge in [0, 0.05) is 31.9 Å². The van der Waals surface area contributed by atoms with E-state index in [1.54, 1.807) is 41.4 Å². The number of carbonyl (C=O) groups excluding carboxylic acids is 1. The first-order valence-electron chi connectivity index (χ1n) is 13.2. The molecule has 0 spiro atoms. The standard InChI is InChI=1S/C29H26FN9O2/c1-29(19-6-3-2-4-7-19,27(40)37-15-13-36(14-16-37)21-11-9-20(30)10-12-21)39-26-22(18-32-39)25-33-24(23-8-5-17-41-23)35-38(25)28(31)34-26/h2-12,17-18H,13-16H2,1H3,(H2,31,34). The molecule has 2 aromatic carbocycles. The number of amides is 1. The van der Waals surface area contributed by atoms with Crippen molar-refractivity contribution in [1.29, 1.82) is 0 Å². The second-order valence-corrected chi connectivity index (χ2v) is 10.1. The molecular weight excluding hydrogens is 525 g/mol. The highest BCUT2D eigenvalue weighted by molar-refractivity contribution is 5.94. The summed E-state index contributed by atoms with van der Waals surface area (Å²) >= 11 is 0. The number of furan rings is 1. The van der Waals surface area contributed by atoms with E-state index in [1.807, 2.05) is 42.2 Å². The number of aromatic nitrogens is 6. The topological polar surface area (TPSA) is 124 Å². The number of nitrogens with zero attached hydrogens (tertiary/aromatic N) is 8. The summed E-state index contributed by atoms with van der Waals surface area (Å²) in [6, 6.07) is 19.5. The van der Waals surface area contributed by atoms with Crippen molar-refractivity contribution in [3.63, 3.8) is 0 Å². The molecule has 0 saturated carbocycles. The number of piperazine rings is 1. The molecule has 0 radical (unpaired) electrons. The minimum atomic E-state index is -1.23. The van der Waals surface area contributed by atoms with Gasteiger partial charge in [0.2, 0.25) is 11.8 Å². The third-order valence-corrected chi connectivity index (χ3v) is 7.71. The Hall–Kier alpha value is -5.26. The Labute approximate surface area is 233 Å². The smallest absolute Gasteiger partial charge is 0.255 e. The number of halogens is 1. The quantitative estimate of drug-likeness (QED) is 0.345. The molecule has 6 aromatic rings. The van der Waals surface area contributed by atoms with Crippen LogP contribution < -0.4 is 10.6 Å². The predicted octanol–water partition coefficient (Wildman–Crippen LogP) is 3.57. The molecule has 0 bridgehead atoms. The number of hydrogen-bond acceptors (Lipinski definition) is 8. The molecule has 1 atom stereocenters. The van der Waals surface area contributed by atoms with Gasteiger partial charge < -0.3 is 20.0 Å². The number of fused-ring (bicyclic) bond motifs is 3. The number of carbonyl (C=O) groups is 1. The van der Waals surface area contributed by atoms with Gasteiger partial charge >= 0.3 is 0 Å². The molecule has 1 saturated heterocycles. The van der Waals surface area contributed by atoms with Gasteiger partial charge in [0.05, 0.1) is 17.8 Å². The Morgan fingerprint density at radius 1 is 0.951 bits per heavy atom. The average Bonchev–Trinajstić information content (AvgIpc) is 3.78. The van der Waals surface area contributed by atoms with Crippen molar-refractivity contribution >= 4 is 34.2 Å². The van der Waals surface area contributed by atoms with E-state index in [-0.39, 0.29) is 17.7 Å². The number of benzene rings is 2. The van der Waals surface area contributed by atoms with Crippen LogP contribution in [0.4, 0.5) is 16.0 Å². The summed E-state index contributed by atoms with van der Waals surface area (Å²) in [4.78, 5) is 27.7. The monoisotopic (exact) mass is 551 g/mol. The summed E-state index contributed by atoms with van der Waals surface area (Å²) < 4.78 is 22.0. The highest BCUT2D eigenvalue weighted by atomic mass is 19.1. The zero-order chi connectivity index (χ0) is 28.1. The maximum atomic E-state index is 14.5. The highest BCUT2D eigenvalue weighted by Gasteiger charge is 2.43. The van der Waals surface area contributed by atoms with E-state index in [9.17, 15) is 9.18 Å². The van der Waals surface area contributed by atoms with Crippen LogP contribution in [0.25, 0.3) is 28.3 Å². The third kappa shape index (κ3) is 3.98. The Morgan fingerprint density at radius 3 is 2.41 bits per heavy atom. The van der Waals surface area contributed by atoms with Crippen LogP contribution in [-0.2, 0) is 10.3 Å². The molecule has 1 aliphatic heterocycles. The summed E-state index contributed by atoms with van der Waals surface area (Å²) in [5.74, 6) is 0.575. The largest absolute Gasteiger partial charge is 0.461 e. The van der Waals surface area contributed by atoms with Crippen molar-refractivity contribution in [2.45, 2.75) is 12.5 Å². The highest BCUT2D eigenvalue weighted by Crippen LogP contribution is 2.33. The Kier molecular flexibility index (Phi) is 5.70. The molecular formula is C29H26FN9O2. The normalized spacial score (nSPS) is 15.5. The average molecular weight is 552 g/mol. The summed E-state index contributed by atoms with van der Waals surface area (Å²) in [5.41, 5.74) is 7.67. The van der Waals surface area contributed by atoms with Gasteiger partial charge in [0.25, 0.3) is 5.91 Å². The Balaban J connectivity index is 1.29. The second kappa shape index (κ2) is 9.44. The Bertz CT molecular complexity index is 1860. The molecule has 1 unspecified atom stereocenters. The van der Waals surface area contributed by atoms with Gasteiger partial charge in [-0.2, -0.15) is 14.6 Å². The zero-order valence-corrected chi connectivity index (χ0v) is 22.2. The van der Waals surface area contributed by atoms with Gasteiger partial charge in [-0.05, 0) is 48.9 Å². The van der Waals surface area contributed by atoms with Crippen LogP contribution in [0.15, 0.2) is 83.6 Å². The van der Waals surface area contributed by atoms with Crippen molar-refractivity contribution in [1.82, 2.24) is 34.3 Å². The minimum Gasteiger partial charge on any atom is -0.461 e. The SMILES string of the molecule is CC(C(=O)N1CCN(c2ccc(F)cc2)CC1)(c1ccccc1)n1ncc2c1nc(N)n1nc(-c3ccco3)nc21. The van der Waals surface area contributed by atoms with E-state index in [0.717, 1.165) is 11.3 Å². The van der Waals surface area contributed by atoms with Crippen LogP contribution in [0, 0.1) is 5.82 Å². The van der Waals surface area contributed by atoms with Gasteiger partial charge in [-0.3, -0.25) is 4.79 Å². The maximum absolute atomic E-state index is 14.5. The summed E-state index contributed by atoms with van der Waals surface area (Å²) in [7, 11) is 0. The van der Waals surface area contributed by atoms with E-state index >= 15 is 0 Å². The van der Waals surface area contributed by atoms with Crippen LogP contribution in [0.5, 0.6) is 0 Å². The molecule has 4 aromatic heterocycles. The van der Waals surface area contributed by atoms with Gasteiger partial charge in [-0.15, -0.1) is 5.10 Å². The first-order valence-corrected chi connectivity index (χ1v) is 13.2. The molecule has 5 heterocycles. The summed E-state index contributed by atoms with van der Waals surface area (Å²) in [6.45, 7) is 4.07. The van der Waals surface area contributed by atoms with Gasteiger partial charge in [0.15, 0.2) is 22.6 Å². The van der Waals surface area contributed by atoms with Crippen molar-refractivity contribution in [3.05, 3.63) is 90.6 Å². The van der Waals surface area contributed by atoms with Crippen LogP contribution in [-0.4, -0.2) is 66.3 Å². The number of hydrogen-bond donors (Lipinski definition) is 1. The van der Waals surface area contributed by atoms with Crippen molar-refractivity contribution in [2.75, 3.05) is 36.8 Å². The predicted molar refractivity (Wildman–Crippen MR) is 151 cm³/mol. The number of nitrogen functional groups attached to an aromatic ring is 1. The summed E-state index contributed by atoms with van der Waals surface area (Å²) in [6.07, 6.45) is 3.19. The van der Waals surface area contributed by atoms with Crippen molar-refractivity contribution < 1.29 is 13.6 Å². The van der Waals surface area contributed by atoms with Gasteiger partial charge in [-0.1, -0.05) is 30.3 Å². The molecule has 1 fully saturated rings.